The second kappa shape index (κ2) is 4.39. The van der Waals surface area contributed by atoms with Crippen molar-refractivity contribution in [1.82, 2.24) is 14.4 Å². The van der Waals surface area contributed by atoms with Gasteiger partial charge in [-0.15, -0.1) is 0 Å². The second-order valence-electron chi connectivity index (χ2n) is 3.88. The number of hydrogen-bond acceptors (Lipinski definition) is 4. The van der Waals surface area contributed by atoms with Crippen LogP contribution in [0.2, 0.25) is 10.0 Å². The molecule has 0 aliphatic carbocycles. The van der Waals surface area contributed by atoms with Crippen molar-refractivity contribution in [2.75, 3.05) is 0 Å². The third-order valence-corrected chi connectivity index (χ3v) is 3.35. The number of halogens is 2. The molecule has 2 N–H and O–H groups in total. The second-order valence-corrected chi connectivity index (χ2v) is 4.69. The summed E-state index contributed by atoms with van der Waals surface area (Å²) in [4.78, 5) is 28.7. The van der Waals surface area contributed by atoms with Crippen molar-refractivity contribution in [3.05, 3.63) is 38.7 Å². The van der Waals surface area contributed by atoms with Crippen LogP contribution in [0.25, 0.3) is 16.7 Å². The van der Waals surface area contributed by atoms with Crippen molar-refractivity contribution in [3.8, 4) is 5.88 Å². The summed E-state index contributed by atoms with van der Waals surface area (Å²) in [6.45, 7) is 0. The van der Waals surface area contributed by atoms with E-state index < -0.39 is 11.7 Å². The largest absolute Gasteiger partial charge is 0.512 e. The minimum absolute atomic E-state index is 0.00728. The number of benzene rings is 1. The molecule has 3 rings (SSSR count). The molecule has 0 atom stereocenters. The summed E-state index contributed by atoms with van der Waals surface area (Å²) in [5, 5.41) is 9.14. The van der Waals surface area contributed by atoms with Crippen LogP contribution in [0.4, 0.5) is 4.79 Å². The number of carboxylic acid groups (broad SMARTS) is 1. The fourth-order valence-corrected chi connectivity index (χ4v) is 2.18. The molecule has 2 aromatic heterocycles. The van der Waals surface area contributed by atoms with Gasteiger partial charge in [-0.3, -0.25) is 9.20 Å². The molecule has 3 aromatic rings. The molecular weight excluding hydrogens is 309 g/mol. The Labute approximate surface area is 120 Å². The minimum atomic E-state index is -1.52. The molecule has 20 heavy (non-hydrogen) atoms. The maximum atomic E-state index is 11.9. The number of imidazole rings is 1. The maximum Gasteiger partial charge on any atom is 0.512 e. The van der Waals surface area contributed by atoms with E-state index in [2.05, 4.69) is 14.7 Å². The smallest absolute Gasteiger partial charge is 0.449 e. The summed E-state index contributed by atoms with van der Waals surface area (Å²) in [7, 11) is 0. The predicted molar refractivity (Wildman–Crippen MR) is 72.0 cm³/mol. The zero-order valence-electron chi connectivity index (χ0n) is 9.55. The first-order valence-electron chi connectivity index (χ1n) is 5.26. The maximum absolute atomic E-state index is 11.9. The first-order valence-corrected chi connectivity index (χ1v) is 6.02. The van der Waals surface area contributed by atoms with Gasteiger partial charge in [-0.2, -0.15) is 4.98 Å². The number of carbonyl (C=O) groups is 1. The number of nitrogens with one attached hydrogen (secondary N) is 1. The summed E-state index contributed by atoms with van der Waals surface area (Å²) < 4.78 is 5.81. The molecule has 0 amide bonds. The van der Waals surface area contributed by atoms with Gasteiger partial charge in [0.1, 0.15) is 0 Å². The molecule has 0 aliphatic rings. The van der Waals surface area contributed by atoms with Gasteiger partial charge >= 0.3 is 6.16 Å². The van der Waals surface area contributed by atoms with Gasteiger partial charge in [0.05, 0.1) is 27.3 Å². The van der Waals surface area contributed by atoms with E-state index in [4.69, 9.17) is 28.3 Å². The highest BCUT2D eigenvalue weighted by Gasteiger charge is 2.13. The van der Waals surface area contributed by atoms with Crippen LogP contribution in [0, 0.1) is 0 Å². The van der Waals surface area contributed by atoms with Crippen LogP contribution in [-0.2, 0) is 0 Å². The van der Waals surface area contributed by atoms with Crippen molar-refractivity contribution in [3.63, 3.8) is 0 Å². The van der Waals surface area contributed by atoms with E-state index in [1.165, 1.54) is 22.7 Å². The van der Waals surface area contributed by atoms with Crippen molar-refractivity contribution in [2.45, 2.75) is 0 Å². The number of hydrogen-bond donors (Lipinski definition) is 2. The average Bonchev–Trinajstić information content (AvgIpc) is 2.76. The van der Waals surface area contributed by atoms with Gasteiger partial charge in [0, 0.05) is 0 Å². The summed E-state index contributed by atoms with van der Waals surface area (Å²) >= 11 is 11.8. The Morgan fingerprint density at radius 2 is 2.05 bits per heavy atom. The van der Waals surface area contributed by atoms with E-state index >= 15 is 0 Å². The van der Waals surface area contributed by atoms with E-state index in [1.807, 2.05) is 0 Å². The van der Waals surface area contributed by atoms with Gasteiger partial charge in [-0.05, 0) is 12.1 Å². The summed E-state index contributed by atoms with van der Waals surface area (Å²) in [5.74, 6) is -0.207. The number of nitrogens with zero attached hydrogens (tertiary/aromatic N) is 2. The number of fused-ring (bicyclic) bond motifs is 3. The van der Waals surface area contributed by atoms with Gasteiger partial charge in [0.15, 0.2) is 0 Å². The van der Waals surface area contributed by atoms with E-state index in [1.54, 1.807) is 0 Å². The van der Waals surface area contributed by atoms with Crippen molar-refractivity contribution in [2.24, 2.45) is 0 Å². The van der Waals surface area contributed by atoms with E-state index in [9.17, 15) is 9.59 Å². The van der Waals surface area contributed by atoms with Crippen LogP contribution < -0.4 is 10.3 Å². The van der Waals surface area contributed by atoms with Crippen LogP contribution in [0.15, 0.2) is 23.1 Å². The molecule has 9 heteroatoms. The average molecular weight is 314 g/mol. The normalized spacial score (nSPS) is 11.1. The van der Waals surface area contributed by atoms with Crippen LogP contribution >= 0.6 is 23.2 Å². The Morgan fingerprint density at radius 1 is 1.35 bits per heavy atom. The number of rotatable bonds is 1. The highest BCUT2D eigenvalue weighted by Crippen LogP contribution is 2.27. The quantitative estimate of drug-likeness (QED) is 0.673. The molecule has 0 aliphatic heterocycles. The molecular formula is C11H5Cl2N3O4. The fourth-order valence-electron chi connectivity index (χ4n) is 1.86. The molecule has 0 fully saturated rings. The van der Waals surface area contributed by atoms with Crippen LogP contribution in [-0.4, -0.2) is 25.6 Å². The van der Waals surface area contributed by atoms with Crippen LogP contribution in [0.5, 0.6) is 5.88 Å². The monoisotopic (exact) mass is 313 g/mol. The lowest BCUT2D eigenvalue weighted by Crippen LogP contribution is -2.10. The summed E-state index contributed by atoms with van der Waals surface area (Å²) in [6.07, 6.45) is -0.235. The lowest BCUT2D eigenvalue weighted by molar-refractivity contribution is 0.143. The van der Waals surface area contributed by atoms with Crippen molar-refractivity contribution in [1.29, 1.82) is 0 Å². The highest BCUT2D eigenvalue weighted by atomic mass is 35.5. The zero-order valence-corrected chi connectivity index (χ0v) is 11.1. The fraction of sp³-hybridized carbons (Fsp3) is 0. The van der Waals surface area contributed by atoms with Gasteiger partial charge < -0.3 is 14.8 Å². The Hall–Kier alpha value is -2.25. The molecule has 0 spiro atoms. The Morgan fingerprint density at radius 3 is 2.75 bits per heavy atom. The number of H-pyrrole nitrogens is 1. The molecule has 0 radical (unpaired) electrons. The van der Waals surface area contributed by atoms with Gasteiger partial charge in [0.25, 0.3) is 5.56 Å². The summed E-state index contributed by atoms with van der Waals surface area (Å²) in [6, 6.07) is 3.03. The molecule has 0 saturated heterocycles. The Balaban J connectivity index is 2.39. The Kier molecular flexibility index (Phi) is 2.81. The number of aromatic nitrogens is 3. The molecule has 1 aromatic carbocycles. The lowest BCUT2D eigenvalue weighted by Gasteiger charge is -2.03. The molecule has 2 heterocycles. The molecule has 0 saturated carbocycles. The van der Waals surface area contributed by atoms with Crippen molar-refractivity contribution < 1.29 is 14.6 Å². The van der Waals surface area contributed by atoms with Crippen molar-refractivity contribution >= 4 is 46.0 Å². The zero-order chi connectivity index (χ0) is 14.4. The molecule has 102 valence electrons. The van der Waals surface area contributed by atoms with Gasteiger partial charge in [0.2, 0.25) is 11.5 Å². The number of ether oxygens (including phenoxy) is 1. The van der Waals surface area contributed by atoms with Gasteiger partial charge in [-0.1, -0.05) is 23.2 Å². The third-order valence-electron chi connectivity index (χ3n) is 2.63. The minimum Gasteiger partial charge on any atom is -0.449 e. The standard InChI is InChI=1S/C11H5Cl2N3O4/c12-4-1-6-7(2-5(4)13)16-3-8(20-11(18)19)15-9(16)10(17)14-6/h1-3H,(H,14,17)(H,18,19). The van der Waals surface area contributed by atoms with E-state index in [0.29, 0.717) is 16.1 Å². The topological polar surface area (TPSA) is 96.7 Å². The van der Waals surface area contributed by atoms with Crippen LogP contribution in [0.1, 0.15) is 0 Å². The third kappa shape index (κ3) is 1.97. The molecule has 0 unspecified atom stereocenters. The Bertz CT molecular complexity index is 915. The predicted octanol–water partition coefficient (Wildman–Crippen LogP) is 2.54. The van der Waals surface area contributed by atoms with E-state index in [-0.39, 0.29) is 16.5 Å². The molecule has 7 nitrogen and oxygen atoms in total. The first-order chi connectivity index (χ1) is 9.45. The lowest BCUT2D eigenvalue weighted by atomic mass is 10.3. The SMILES string of the molecule is O=C(O)Oc1cn2c(n1)c(=O)[nH]c1cc(Cl)c(Cl)cc12. The highest BCUT2D eigenvalue weighted by molar-refractivity contribution is 6.42. The van der Waals surface area contributed by atoms with E-state index in [0.717, 1.165) is 0 Å². The first kappa shape index (κ1) is 12.8. The molecule has 0 bridgehead atoms. The summed E-state index contributed by atoms with van der Waals surface area (Å²) in [5.41, 5.74) is 0.446. The number of aromatic amines is 1. The van der Waals surface area contributed by atoms with Crippen LogP contribution in [0.3, 0.4) is 0 Å². The van der Waals surface area contributed by atoms with Gasteiger partial charge in [-0.25, -0.2) is 4.79 Å².